The smallest absolute Gasteiger partial charge is 0.306 e. The highest BCUT2D eigenvalue weighted by Crippen LogP contribution is 2.16. The normalized spacial score (nSPS) is 13.3. The third-order valence-electron chi connectivity index (χ3n) is 12.6. The number of carbonyl (C=O) groups is 2. The molecule has 0 aliphatic carbocycles. The van der Waals surface area contributed by atoms with Crippen LogP contribution in [0.1, 0.15) is 258 Å². The zero-order valence-corrected chi connectivity index (χ0v) is 47.8. The molecule has 0 spiro atoms. The van der Waals surface area contributed by atoms with Crippen LogP contribution in [-0.4, -0.2) is 36.4 Å². The summed E-state index contributed by atoms with van der Waals surface area (Å²) in [5, 5.41) is 9.67. The van der Waals surface area contributed by atoms with Crippen LogP contribution in [0.4, 0.5) is 0 Å². The summed E-state index contributed by atoms with van der Waals surface area (Å²) in [4.78, 5) is 24.6. The van der Waals surface area contributed by atoms with Crippen LogP contribution in [0.25, 0.3) is 0 Å². The second-order valence-electron chi connectivity index (χ2n) is 19.7. The highest BCUT2D eigenvalue weighted by molar-refractivity contribution is 5.70. The average Bonchev–Trinajstić information content (AvgIpc) is 3.40. The zero-order chi connectivity index (χ0) is 53.4. The Balaban J connectivity index is 3.55. The third-order valence-corrected chi connectivity index (χ3v) is 12.6. The number of hydrogen-bond acceptors (Lipinski definition) is 5. The first kappa shape index (κ1) is 69.8. The van der Waals surface area contributed by atoms with E-state index in [1.807, 2.05) is 0 Å². The minimum absolute atomic E-state index is 0.0812. The van der Waals surface area contributed by atoms with Gasteiger partial charge in [0.1, 0.15) is 6.61 Å². The van der Waals surface area contributed by atoms with Gasteiger partial charge in [-0.1, -0.05) is 275 Å². The number of allylic oxidation sites excluding steroid dienone is 24. The molecule has 1 N–H and O–H groups in total. The van der Waals surface area contributed by atoms with Crippen molar-refractivity contribution in [2.75, 3.05) is 13.2 Å². The number of hydrogen-bond donors (Lipinski definition) is 1. The summed E-state index contributed by atoms with van der Waals surface area (Å²) >= 11 is 0. The zero-order valence-electron chi connectivity index (χ0n) is 47.8. The van der Waals surface area contributed by atoms with E-state index in [2.05, 4.69) is 160 Å². The molecule has 0 bridgehead atoms. The molecule has 5 nitrogen and oxygen atoms in total. The summed E-state index contributed by atoms with van der Waals surface area (Å²) in [6.07, 6.45) is 95.4. The van der Waals surface area contributed by atoms with E-state index in [4.69, 9.17) is 9.47 Å². The lowest BCUT2D eigenvalue weighted by atomic mass is 10.0. The average molecular weight is 1020 g/mol. The molecule has 1 atom stereocenters. The second-order valence-corrected chi connectivity index (χ2v) is 19.7. The predicted octanol–water partition coefficient (Wildman–Crippen LogP) is 21.0. The molecule has 0 radical (unpaired) electrons. The first-order chi connectivity index (χ1) is 36.6. The topological polar surface area (TPSA) is 72.8 Å². The van der Waals surface area contributed by atoms with Crippen molar-refractivity contribution in [3.8, 4) is 0 Å². The molecule has 0 aromatic carbocycles. The first-order valence-electron chi connectivity index (χ1n) is 30.4. The van der Waals surface area contributed by atoms with Crippen LogP contribution in [0.5, 0.6) is 0 Å². The quantitative estimate of drug-likeness (QED) is 0.0373. The monoisotopic (exact) mass is 1020 g/mol. The van der Waals surface area contributed by atoms with E-state index in [0.717, 1.165) is 135 Å². The molecule has 74 heavy (non-hydrogen) atoms. The summed E-state index contributed by atoms with van der Waals surface area (Å²) in [6.45, 7) is 3.90. The Labute approximate surface area is 457 Å². The number of rotatable bonds is 54. The van der Waals surface area contributed by atoms with Gasteiger partial charge in [0.05, 0.1) is 6.61 Å². The van der Waals surface area contributed by atoms with E-state index in [0.29, 0.717) is 12.8 Å². The maximum Gasteiger partial charge on any atom is 0.306 e. The molecule has 5 heteroatoms. The van der Waals surface area contributed by atoms with Gasteiger partial charge in [-0.15, -0.1) is 0 Å². The Morgan fingerprint density at radius 1 is 0.311 bits per heavy atom. The minimum Gasteiger partial charge on any atom is -0.462 e. The molecule has 0 aliphatic rings. The van der Waals surface area contributed by atoms with Crippen molar-refractivity contribution in [2.45, 2.75) is 264 Å². The number of unbranched alkanes of at least 4 members (excludes halogenated alkanes) is 22. The van der Waals surface area contributed by atoms with Crippen LogP contribution in [0.3, 0.4) is 0 Å². The standard InChI is InChI=1S/C69H112O5/c1-3-5-7-9-11-13-15-17-19-21-23-25-27-29-31-32-33-34-35-36-38-39-41-43-45-47-49-51-53-55-57-59-61-63-68(71)73-66-67(65-70)74-69(72)64-62-60-58-56-54-52-50-48-46-44-42-40-37-30-28-26-24-22-20-18-16-14-12-10-8-6-4-2/h5-8,11-14,17-20,23-26,29-31,37,42,44,48,50,67,70H,3-4,9-10,15-16,21-22,27-28,32-36,38-41,43,45-47,49,51-66H2,1-2H3/b7-5-,8-6-,13-11-,14-12-,19-17-,20-18-,25-23-,26-24-,31-29-,37-30-,44-42-,50-48-. The molecule has 0 amide bonds. The molecular weight excluding hydrogens is 909 g/mol. The van der Waals surface area contributed by atoms with Gasteiger partial charge in [0.2, 0.25) is 0 Å². The molecule has 0 aromatic heterocycles. The highest BCUT2D eigenvalue weighted by atomic mass is 16.6. The van der Waals surface area contributed by atoms with Crippen LogP contribution in [0.2, 0.25) is 0 Å². The van der Waals surface area contributed by atoms with Crippen LogP contribution < -0.4 is 0 Å². The molecular formula is C69H112O5. The van der Waals surface area contributed by atoms with Crippen molar-refractivity contribution in [3.05, 3.63) is 146 Å². The fourth-order valence-electron chi connectivity index (χ4n) is 8.15. The summed E-state index contributed by atoms with van der Waals surface area (Å²) < 4.78 is 10.7. The van der Waals surface area contributed by atoms with Gasteiger partial charge in [-0.2, -0.15) is 0 Å². The maximum atomic E-state index is 12.3. The largest absolute Gasteiger partial charge is 0.462 e. The molecule has 1 unspecified atom stereocenters. The summed E-state index contributed by atoms with van der Waals surface area (Å²) in [5.41, 5.74) is 0. The van der Waals surface area contributed by atoms with E-state index >= 15 is 0 Å². The van der Waals surface area contributed by atoms with E-state index in [9.17, 15) is 14.7 Å². The number of esters is 2. The molecule has 0 saturated heterocycles. The number of aliphatic hydroxyl groups excluding tert-OH is 1. The lowest BCUT2D eigenvalue weighted by Gasteiger charge is -2.15. The lowest BCUT2D eigenvalue weighted by Crippen LogP contribution is -2.28. The van der Waals surface area contributed by atoms with Crippen LogP contribution in [-0.2, 0) is 19.1 Å². The Kier molecular flexibility index (Phi) is 59.5. The van der Waals surface area contributed by atoms with Gasteiger partial charge in [-0.3, -0.25) is 9.59 Å². The molecule has 0 heterocycles. The Morgan fingerprint density at radius 3 is 0.811 bits per heavy atom. The van der Waals surface area contributed by atoms with Crippen LogP contribution >= 0.6 is 0 Å². The number of carbonyl (C=O) groups excluding carboxylic acids is 2. The fourth-order valence-corrected chi connectivity index (χ4v) is 8.15. The fraction of sp³-hybridized carbons (Fsp3) is 0.623. The van der Waals surface area contributed by atoms with E-state index in [1.54, 1.807) is 0 Å². The summed E-state index contributed by atoms with van der Waals surface area (Å²) in [5.74, 6) is -0.616. The Bertz CT molecular complexity index is 1580. The highest BCUT2D eigenvalue weighted by Gasteiger charge is 2.16. The molecule has 0 aliphatic heterocycles. The van der Waals surface area contributed by atoms with Gasteiger partial charge in [-0.05, 0) is 116 Å². The summed E-state index contributed by atoms with van der Waals surface area (Å²) in [6, 6.07) is 0. The van der Waals surface area contributed by atoms with Gasteiger partial charge in [0, 0.05) is 12.8 Å². The maximum absolute atomic E-state index is 12.3. The predicted molar refractivity (Wildman–Crippen MR) is 324 cm³/mol. The minimum atomic E-state index is -0.793. The molecule has 0 saturated carbocycles. The van der Waals surface area contributed by atoms with Crippen molar-refractivity contribution in [3.63, 3.8) is 0 Å². The van der Waals surface area contributed by atoms with Crippen LogP contribution in [0.15, 0.2) is 146 Å². The molecule has 0 aromatic rings. The number of aliphatic hydroxyl groups is 1. The van der Waals surface area contributed by atoms with E-state index < -0.39 is 6.10 Å². The number of ether oxygens (including phenoxy) is 2. The Hall–Kier alpha value is -4.22. The van der Waals surface area contributed by atoms with Crippen LogP contribution in [0, 0.1) is 0 Å². The van der Waals surface area contributed by atoms with E-state index in [1.165, 1.54) is 96.3 Å². The van der Waals surface area contributed by atoms with Crippen molar-refractivity contribution in [1.82, 2.24) is 0 Å². The Morgan fingerprint density at radius 2 is 0.541 bits per heavy atom. The van der Waals surface area contributed by atoms with Gasteiger partial charge < -0.3 is 14.6 Å². The van der Waals surface area contributed by atoms with Crippen molar-refractivity contribution in [2.24, 2.45) is 0 Å². The molecule has 418 valence electrons. The van der Waals surface area contributed by atoms with Gasteiger partial charge in [-0.25, -0.2) is 0 Å². The van der Waals surface area contributed by atoms with E-state index in [-0.39, 0.29) is 25.2 Å². The SMILES string of the molecule is CC/C=C\C/C=C\C/C=C\C/C=C\C/C=C\C/C=C\C/C=C\CCCCCCCC(=O)OC(CO)COC(=O)CCCCCCCCCCCCCCCCCCC/C=C\C/C=C\C/C=C\C/C=C\C/C=C\CC. The summed E-state index contributed by atoms with van der Waals surface area (Å²) in [7, 11) is 0. The van der Waals surface area contributed by atoms with Crippen molar-refractivity contribution in [1.29, 1.82) is 0 Å². The molecule has 0 fully saturated rings. The van der Waals surface area contributed by atoms with Crippen molar-refractivity contribution >= 4 is 11.9 Å². The van der Waals surface area contributed by atoms with Crippen molar-refractivity contribution < 1.29 is 24.2 Å². The first-order valence-corrected chi connectivity index (χ1v) is 30.4. The lowest BCUT2D eigenvalue weighted by molar-refractivity contribution is -0.161. The molecule has 0 rings (SSSR count). The van der Waals surface area contributed by atoms with Gasteiger partial charge >= 0.3 is 11.9 Å². The second kappa shape index (κ2) is 63.1. The third kappa shape index (κ3) is 60.3. The van der Waals surface area contributed by atoms with Gasteiger partial charge in [0.15, 0.2) is 6.10 Å². The van der Waals surface area contributed by atoms with Gasteiger partial charge in [0.25, 0.3) is 0 Å².